The Hall–Kier alpha value is -0.770. The van der Waals surface area contributed by atoms with Crippen molar-refractivity contribution >= 4 is 34.1 Å². The van der Waals surface area contributed by atoms with Crippen molar-refractivity contribution in [1.29, 1.82) is 0 Å². The molecule has 1 rings (SSSR count). The topological polar surface area (TPSA) is 46.3 Å². The average molecular weight is 275 g/mol. The summed E-state index contributed by atoms with van der Waals surface area (Å²) in [6, 6.07) is 3.20. The van der Waals surface area contributed by atoms with Gasteiger partial charge in [0, 0.05) is 12.1 Å². The van der Waals surface area contributed by atoms with Gasteiger partial charge >= 0.3 is 0 Å². The van der Waals surface area contributed by atoms with Crippen molar-refractivity contribution in [2.24, 2.45) is 0 Å². The lowest BCUT2D eigenvalue weighted by molar-refractivity contribution is 0.108. The summed E-state index contributed by atoms with van der Waals surface area (Å²) in [7, 11) is 0. The third-order valence-corrected chi connectivity index (χ3v) is 3.26. The predicted octanol–water partition coefficient (Wildman–Crippen LogP) is 3.14. The van der Waals surface area contributed by atoms with Crippen LogP contribution in [0.25, 0.3) is 0 Å². The van der Waals surface area contributed by atoms with Gasteiger partial charge < -0.3 is 5.73 Å². The zero-order valence-corrected chi connectivity index (χ0v) is 11.5. The molecule has 0 aliphatic heterocycles. The Labute approximate surface area is 111 Å². The molecule has 0 fully saturated rings. The number of carbonyl (C=O) groups is 1. The van der Waals surface area contributed by atoms with Crippen molar-refractivity contribution in [1.82, 2.24) is 4.90 Å². The highest BCUT2D eigenvalue weighted by Gasteiger charge is 2.12. The highest BCUT2D eigenvalue weighted by molar-refractivity contribution is 6.67. The van der Waals surface area contributed by atoms with Crippen LogP contribution in [0.15, 0.2) is 12.1 Å². The third-order valence-electron chi connectivity index (χ3n) is 2.73. The molecule has 1 aromatic rings. The molecule has 0 heterocycles. The smallest absolute Gasteiger partial charge is 0.252 e. The molecule has 2 N–H and O–H groups in total. The van der Waals surface area contributed by atoms with E-state index in [2.05, 4.69) is 18.7 Å². The Bertz CT molecular complexity index is 417. The average Bonchev–Trinajstić information content (AvgIpc) is 2.30. The van der Waals surface area contributed by atoms with E-state index in [-0.39, 0.29) is 0 Å². The number of benzene rings is 1. The largest absolute Gasteiger partial charge is 0.397 e. The predicted molar refractivity (Wildman–Crippen MR) is 72.7 cm³/mol. The number of nitrogens with zero attached hydrogens (tertiary/aromatic N) is 1. The molecule has 3 nitrogen and oxygen atoms in total. The molecule has 0 saturated heterocycles. The molecule has 0 aliphatic rings. The lowest BCUT2D eigenvalue weighted by atomic mass is 10.1. The minimum atomic E-state index is -0.521. The van der Waals surface area contributed by atoms with Gasteiger partial charge in [-0.3, -0.25) is 9.69 Å². The number of nitrogens with two attached hydrogens (primary N) is 1. The zero-order valence-electron chi connectivity index (χ0n) is 9.96. The number of rotatable bonds is 5. The van der Waals surface area contributed by atoms with Crippen molar-refractivity contribution in [2.75, 3.05) is 18.8 Å². The van der Waals surface area contributed by atoms with Crippen LogP contribution in [0, 0.1) is 0 Å². The fourth-order valence-corrected chi connectivity index (χ4v) is 1.96. The number of hydrogen-bond donors (Lipinski definition) is 1. The van der Waals surface area contributed by atoms with Crippen molar-refractivity contribution in [2.45, 2.75) is 20.4 Å². The molecular weight excluding hydrogens is 259 g/mol. The van der Waals surface area contributed by atoms with Gasteiger partial charge in [-0.1, -0.05) is 25.4 Å². The second-order valence-electron chi connectivity index (χ2n) is 3.77. The summed E-state index contributed by atoms with van der Waals surface area (Å²) >= 11 is 11.4. The molecule has 0 radical (unpaired) electrons. The zero-order chi connectivity index (χ0) is 13.0. The maximum Gasteiger partial charge on any atom is 0.252 e. The second-order valence-corrected chi connectivity index (χ2v) is 4.52. The van der Waals surface area contributed by atoms with Gasteiger partial charge in [-0.2, -0.15) is 0 Å². The number of hydrogen-bond acceptors (Lipinski definition) is 3. The third kappa shape index (κ3) is 3.60. The van der Waals surface area contributed by atoms with Crippen LogP contribution < -0.4 is 5.73 Å². The van der Waals surface area contributed by atoms with Gasteiger partial charge in [-0.15, -0.1) is 0 Å². The van der Waals surface area contributed by atoms with E-state index in [0.717, 1.165) is 18.7 Å². The summed E-state index contributed by atoms with van der Waals surface area (Å²) in [5.41, 5.74) is 7.63. The number of halogens is 2. The van der Waals surface area contributed by atoms with Crippen LogP contribution in [0.2, 0.25) is 5.02 Å². The van der Waals surface area contributed by atoms with E-state index >= 15 is 0 Å². The van der Waals surface area contributed by atoms with E-state index in [1.165, 1.54) is 6.07 Å². The first-order valence-corrected chi connectivity index (χ1v) is 6.25. The first-order valence-electron chi connectivity index (χ1n) is 5.49. The SMILES string of the molecule is CCN(CC)Cc1cc(C(=O)Cl)cc(Cl)c1N. The van der Waals surface area contributed by atoms with Crippen molar-refractivity contribution < 1.29 is 4.79 Å². The second kappa shape index (κ2) is 6.24. The van der Waals surface area contributed by atoms with Crippen LogP contribution in [-0.4, -0.2) is 23.2 Å². The fraction of sp³-hybridized carbons (Fsp3) is 0.417. The minimum absolute atomic E-state index is 0.374. The van der Waals surface area contributed by atoms with Gasteiger partial charge in [-0.05, 0) is 42.4 Å². The molecule has 0 unspecified atom stereocenters. The standard InChI is InChI=1S/C12H16Cl2N2O/c1-3-16(4-2)7-9-5-8(12(14)17)6-10(13)11(9)15/h5-6H,3-4,7,15H2,1-2H3. The van der Waals surface area contributed by atoms with E-state index in [0.29, 0.717) is 22.8 Å². The number of nitrogen functional groups attached to an aromatic ring is 1. The summed E-state index contributed by atoms with van der Waals surface area (Å²) in [6.07, 6.45) is 0. The summed E-state index contributed by atoms with van der Waals surface area (Å²) in [5.74, 6) is 0. The Kier molecular flexibility index (Phi) is 5.25. The first kappa shape index (κ1) is 14.3. The highest BCUT2D eigenvalue weighted by Crippen LogP contribution is 2.26. The van der Waals surface area contributed by atoms with Crippen molar-refractivity contribution in [3.05, 3.63) is 28.3 Å². The van der Waals surface area contributed by atoms with Crippen LogP contribution in [0.3, 0.4) is 0 Å². The normalized spacial score (nSPS) is 10.9. The van der Waals surface area contributed by atoms with Crippen molar-refractivity contribution in [3.63, 3.8) is 0 Å². The monoisotopic (exact) mass is 274 g/mol. The van der Waals surface area contributed by atoms with Crippen molar-refractivity contribution in [3.8, 4) is 0 Å². The molecule has 94 valence electrons. The van der Waals surface area contributed by atoms with E-state index in [1.807, 2.05) is 0 Å². The van der Waals surface area contributed by atoms with Crippen LogP contribution in [0.1, 0.15) is 29.8 Å². The van der Waals surface area contributed by atoms with Gasteiger partial charge in [0.05, 0.1) is 10.7 Å². The summed E-state index contributed by atoms with van der Waals surface area (Å²) in [5, 5.41) is -0.147. The van der Waals surface area contributed by atoms with Gasteiger partial charge in [0.15, 0.2) is 0 Å². The highest BCUT2D eigenvalue weighted by atomic mass is 35.5. The molecule has 0 spiro atoms. The number of carbonyl (C=O) groups excluding carboxylic acids is 1. The molecule has 0 bridgehead atoms. The Balaban J connectivity index is 3.09. The summed E-state index contributed by atoms with van der Waals surface area (Å²) in [6.45, 7) is 6.62. The molecular formula is C12H16Cl2N2O. The van der Waals surface area contributed by atoms with Crippen LogP contribution >= 0.6 is 23.2 Å². The summed E-state index contributed by atoms with van der Waals surface area (Å²) in [4.78, 5) is 13.3. The Morgan fingerprint density at radius 3 is 2.41 bits per heavy atom. The molecule has 0 aliphatic carbocycles. The van der Waals surface area contributed by atoms with Crippen LogP contribution in [-0.2, 0) is 6.54 Å². The summed E-state index contributed by atoms with van der Waals surface area (Å²) < 4.78 is 0. The Morgan fingerprint density at radius 2 is 1.94 bits per heavy atom. The van der Waals surface area contributed by atoms with E-state index in [1.54, 1.807) is 6.07 Å². The molecule has 1 aromatic carbocycles. The Morgan fingerprint density at radius 1 is 1.35 bits per heavy atom. The van der Waals surface area contributed by atoms with Crippen LogP contribution in [0.4, 0.5) is 5.69 Å². The van der Waals surface area contributed by atoms with E-state index in [9.17, 15) is 4.79 Å². The van der Waals surface area contributed by atoms with Gasteiger partial charge in [-0.25, -0.2) is 0 Å². The van der Waals surface area contributed by atoms with Gasteiger partial charge in [0.2, 0.25) is 0 Å². The fourth-order valence-electron chi connectivity index (χ4n) is 1.61. The molecule has 0 amide bonds. The maximum absolute atomic E-state index is 11.1. The first-order chi connectivity index (χ1) is 7.99. The van der Waals surface area contributed by atoms with Crippen LogP contribution in [0.5, 0.6) is 0 Å². The molecule has 5 heteroatoms. The molecule has 0 atom stereocenters. The minimum Gasteiger partial charge on any atom is -0.397 e. The molecule has 17 heavy (non-hydrogen) atoms. The van der Waals surface area contributed by atoms with E-state index < -0.39 is 5.24 Å². The molecule has 0 saturated carbocycles. The quantitative estimate of drug-likeness (QED) is 0.663. The lowest BCUT2D eigenvalue weighted by Gasteiger charge is -2.19. The van der Waals surface area contributed by atoms with E-state index in [4.69, 9.17) is 28.9 Å². The number of anilines is 1. The van der Waals surface area contributed by atoms with Gasteiger partial charge in [0.25, 0.3) is 5.24 Å². The lowest BCUT2D eigenvalue weighted by Crippen LogP contribution is -2.23. The molecule has 0 aromatic heterocycles. The maximum atomic E-state index is 11.1. The van der Waals surface area contributed by atoms with Gasteiger partial charge in [0.1, 0.15) is 0 Å².